The van der Waals surface area contributed by atoms with Crippen LogP contribution in [0.15, 0.2) is 18.2 Å². The third-order valence-corrected chi connectivity index (χ3v) is 3.35. The summed E-state index contributed by atoms with van der Waals surface area (Å²) in [5.41, 5.74) is -0.168. The Labute approximate surface area is 109 Å². The Hall–Kier alpha value is -1.64. The average molecular weight is 267 g/mol. The Morgan fingerprint density at radius 2 is 2.39 bits per heavy atom. The van der Waals surface area contributed by atoms with Crippen LogP contribution in [0.3, 0.4) is 0 Å². The molecule has 1 heterocycles. The van der Waals surface area contributed by atoms with E-state index in [2.05, 4.69) is 6.07 Å². The van der Waals surface area contributed by atoms with Gasteiger partial charge in [0.2, 0.25) is 0 Å². The van der Waals surface area contributed by atoms with Gasteiger partial charge >= 0.3 is 0 Å². The molecule has 0 bridgehead atoms. The van der Waals surface area contributed by atoms with Gasteiger partial charge in [-0.2, -0.15) is 5.26 Å². The first-order valence-corrected chi connectivity index (χ1v) is 5.86. The lowest BCUT2D eigenvalue weighted by molar-refractivity contribution is -0.385. The summed E-state index contributed by atoms with van der Waals surface area (Å²) in [5, 5.41) is 20.5. The number of ether oxygens (including phenoxy) is 1. The number of hydrogen-bond donors (Lipinski definition) is 0. The summed E-state index contributed by atoms with van der Waals surface area (Å²) in [4.78, 5) is 10.5. The van der Waals surface area contributed by atoms with Gasteiger partial charge in [-0.3, -0.25) is 10.1 Å². The maximum atomic E-state index is 11.0. The van der Waals surface area contributed by atoms with E-state index in [1.165, 1.54) is 6.07 Å². The second-order valence-corrected chi connectivity index (χ2v) is 4.84. The highest BCUT2D eigenvalue weighted by molar-refractivity contribution is 6.30. The van der Waals surface area contributed by atoms with Crippen LogP contribution < -0.4 is 0 Å². The Bertz CT molecular complexity index is 519. The molecule has 1 aromatic rings. The maximum Gasteiger partial charge on any atom is 0.274 e. The van der Waals surface area contributed by atoms with Crippen LogP contribution >= 0.6 is 11.6 Å². The molecule has 94 valence electrons. The summed E-state index contributed by atoms with van der Waals surface area (Å²) in [5.74, 6) is 0. The predicted molar refractivity (Wildman–Crippen MR) is 65.3 cm³/mol. The number of benzene rings is 1. The zero-order valence-corrected chi connectivity index (χ0v) is 10.3. The van der Waals surface area contributed by atoms with Gasteiger partial charge in [-0.15, -0.1) is 0 Å². The van der Waals surface area contributed by atoms with E-state index in [4.69, 9.17) is 16.3 Å². The molecule has 1 aliphatic heterocycles. The molecule has 1 saturated heterocycles. The summed E-state index contributed by atoms with van der Waals surface area (Å²) >= 11 is 5.75. The van der Waals surface area contributed by atoms with Crippen molar-refractivity contribution in [3.63, 3.8) is 0 Å². The van der Waals surface area contributed by atoms with Crippen molar-refractivity contribution in [1.29, 1.82) is 5.26 Å². The van der Waals surface area contributed by atoms with Crippen LogP contribution in [-0.4, -0.2) is 18.1 Å². The van der Waals surface area contributed by atoms with Gasteiger partial charge < -0.3 is 4.74 Å². The number of nitro groups is 1. The predicted octanol–water partition coefficient (Wildman–Crippen LogP) is 2.72. The Kier molecular flexibility index (Phi) is 3.50. The second-order valence-electron chi connectivity index (χ2n) is 4.40. The lowest BCUT2D eigenvalue weighted by atomic mass is 9.82. The molecule has 0 N–H and O–H groups in total. The van der Waals surface area contributed by atoms with E-state index in [9.17, 15) is 15.4 Å². The van der Waals surface area contributed by atoms with E-state index in [1.807, 2.05) is 0 Å². The molecular weight excluding hydrogens is 256 g/mol. The first-order valence-electron chi connectivity index (χ1n) is 5.48. The summed E-state index contributed by atoms with van der Waals surface area (Å²) < 4.78 is 5.23. The fraction of sp³-hybridized carbons (Fsp3) is 0.417. The molecule has 1 unspecified atom stereocenters. The normalized spacial score (nSPS) is 22.7. The molecule has 0 aromatic heterocycles. The average Bonchev–Trinajstić information content (AvgIpc) is 2.80. The second kappa shape index (κ2) is 4.92. The van der Waals surface area contributed by atoms with Crippen molar-refractivity contribution in [3.05, 3.63) is 38.9 Å². The Morgan fingerprint density at radius 1 is 1.61 bits per heavy atom. The van der Waals surface area contributed by atoms with Crippen molar-refractivity contribution in [1.82, 2.24) is 0 Å². The SMILES string of the molecule is N#CC1(Cc2ccc(Cl)cc2[N+](=O)[O-])CCOC1. The highest BCUT2D eigenvalue weighted by Gasteiger charge is 2.37. The summed E-state index contributed by atoms with van der Waals surface area (Å²) in [6, 6.07) is 6.75. The van der Waals surface area contributed by atoms with Crippen LogP contribution in [0, 0.1) is 26.9 Å². The van der Waals surface area contributed by atoms with Crippen molar-refractivity contribution in [3.8, 4) is 6.07 Å². The van der Waals surface area contributed by atoms with Crippen LogP contribution in [0.2, 0.25) is 5.02 Å². The zero-order valence-electron chi connectivity index (χ0n) is 9.56. The van der Waals surface area contributed by atoms with E-state index < -0.39 is 10.3 Å². The molecule has 5 nitrogen and oxygen atoms in total. The molecule has 0 amide bonds. The summed E-state index contributed by atoms with van der Waals surface area (Å²) in [7, 11) is 0. The van der Waals surface area contributed by atoms with E-state index >= 15 is 0 Å². The highest BCUT2D eigenvalue weighted by atomic mass is 35.5. The van der Waals surface area contributed by atoms with Gasteiger partial charge in [-0.1, -0.05) is 17.7 Å². The number of nitrogens with zero attached hydrogens (tertiary/aromatic N) is 2. The summed E-state index contributed by atoms with van der Waals surface area (Å²) in [6.45, 7) is 0.845. The van der Waals surface area contributed by atoms with Crippen molar-refractivity contribution in [2.75, 3.05) is 13.2 Å². The third kappa shape index (κ3) is 2.45. The minimum atomic E-state index is -0.654. The molecular formula is C12H11ClN2O3. The van der Waals surface area contributed by atoms with Crippen LogP contribution in [-0.2, 0) is 11.2 Å². The minimum absolute atomic E-state index is 0.0379. The van der Waals surface area contributed by atoms with Crippen molar-refractivity contribution in [2.45, 2.75) is 12.8 Å². The molecule has 0 spiro atoms. The molecule has 1 fully saturated rings. The maximum absolute atomic E-state index is 11.0. The third-order valence-electron chi connectivity index (χ3n) is 3.11. The standard InChI is InChI=1S/C12H11ClN2O3/c13-10-2-1-9(11(5-10)15(16)17)6-12(7-14)3-4-18-8-12/h1-2,5H,3-4,6,8H2. The molecule has 2 rings (SSSR count). The van der Waals surface area contributed by atoms with Gasteiger partial charge in [-0.05, 0) is 12.5 Å². The lowest BCUT2D eigenvalue weighted by Crippen LogP contribution is -2.22. The molecule has 1 aromatic carbocycles. The van der Waals surface area contributed by atoms with Gasteiger partial charge in [0, 0.05) is 29.7 Å². The van der Waals surface area contributed by atoms with Gasteiger partial charge in [-0.25, -0.2) is 0 Å². The lowest BCUT2D eigenvalue weighted by Gasteiger charge is -2.18. The number of hydrogen-bond acceptors (Lipinski definition) is 4. The van der Waals surface area contributed by atoms with Gasteiger partial charge in [0.15, 0.2) is 0 Å². The fourth-order valence-electron chi connectivity index (χ4n) is 2.10. The monoisotopic (exact) mass is 266 g/mol. The van der Waals surface area contributed by atoms with E-state index in [0.29, 0.717) is 36.6 Å². The summed E-state index contributed by atoms with van der Waals surface area (Å²) in [6.07, 6.45) is 0.917. The minimum Gasteiger partial charge on any atom is -0.380 e. The quantitative estimate of drug-likeness (QED) is 0.623. The van der Waals surface area contributed by atoms with Crippen LogP contribution in [0.1, 0.15) is 12.0 Å². The smallest absolute Gasteiger partial charge is 0.274 e. The number of halogens is 1. The molecule has 6 heteroatoms. The van der Waals surface area contributed by atoms with Crippen LogP contribution in [0.25, 0.3) is 0 Å². The topological polar surface area (TPSA) is 76.2 Å². The fourth-order valence-corrected chi connectivity index (χ4v) is 2.26. The van der Waals surface area contributed by atoms with Crippen molar-refractivity contribution >= 4 is 17.3 Å². The molecule has 1 atom stereocenters. The Balaban J connectivity index is 2.34. The number of nitriles is 1. The molecule has 18 heavy (non-hydrogen) atoms. The molecule has 0 saturated carbocycles. The first-order chi connectivity index (χ1) is 8.56. The highest BCUT2D eigenvalue weighted by Crippen LogP contribution is 2.35. The van der Waals surface area contributed by atoms with Crippen LogP contribution in [0.5, 0.6) is 0 Å². The largest absolute Gasteiger partial charge is 0.380 e. The zero-order chi connectivity index (χ0) is 13.2. The van der Waals surface area contributed by atoms with Gasteiger partial charge in [0.25, 0.3) is 5.69 Å². The van der Waals surface area contributed by atoms with Crippen LogP contribution in [0.4, 0.5) is 5.69 Å². The first kappa shape index (κ1) is 12.8. The number of rotatable bonds is 3. The van der Waals surface area contributed by atoms with Gasteiger partial charge in [0.05, 0.1) is 23.0 Å². The molecule has 0 aliphatic carbocycles. The Morgan fingerprint density at radius 3 is 2.94 bits per heavy atom. The molecule has 1 aliphatic rings. The van der Waals surface area contributed by atoms with E-state index in [0.717, 1.165) is 0 Å². The molecule has 0 radical (unpaired) electrons. The van der Waals surface area contributed by atoms with Crippen molar-refractivity contribution in [2.24, 2.45) is 5.41 Å². The number of nitro benzene ring substituents is 1. The van der Waals surface area contributed by atoms with E-state index in [1.54, 1.807) is 12.1 Å². The van der Waals surface area contributed by atoms with Gasteiger partial charge in [0.1, 0.15) is 0 Å². The van der Waals surface area contributed by atoms with E-state index in [-0.39, 0.29) is 5.69 Å². The van der Waals surface area contributed by atoms with Crippen molar-refractivity contribution < 1.29 is 9.66 Å².